The van der Waals surface area contributed by atoms with Crippen molar-refractivity contribution in [1.82, 2.24) is 9.71 Å². The summed E-state index contributed by atoms with van der Waals surface area (Å²) in [5.41, 5.74) is 6.76. The van der Waals surface area contributed by atoms with Crippen molar-refractivity contribution in [3.63, 3.8) is 0 Å². The third-order valence-corrected chi connectivity index (χ3v) is 9.74. The Hall–Kier alpha value is -3.81. The zero-order chi connectivity index (χ0) is 28.6. The van der Waals surface area contributed by atoms with Crippen LogP contribution >= 0.6 is 0 Å². The van der Waals surface area contributed by atoms with Gasteiger partial charge in [0.25, 0.3) is 0 Å². The number of nitrogens with zero attached hydrogens (tertiary/aromatic N) is 2. The molecule has 1 N–H and O–H groups in total. The lowest BCUT2D eigenvalue weighted by molar-refractivity contribution is -0.120. The molecule has 1 amide bonds. The average molecular weight is 566 g/mol. The van der Waals surface area contributed by atoms with Gasteiger partial charge in [0, 0.05) is 23.3 Å². The first-order chi connectivity index (χ1) is 19.8. The van der Waals surface area contributed by atoms with Crippen LogP contribution in [0.3, 0.4) is 0 Å². The fourth-order valence-corrected chi connectivity index (χ4v) is 7.18. The lowest BCUT2D eigenvalue weighted by Gasteiger charge is -2.29. The van der Waals surface area contributed by atoms with Crippen LogP contribution in [-0.2, 0) is 27.8 Å². The van der Waals surface area contributed by atoms with Gasteiger partial charge in [-0.3, -0.25) is 9.78 Å². The Kier molecular flexibility index (Phi) is 7.49. The predicted octanol–water partition coefficient (Wildman–Crippen LogP) is 6.39. The zero-order valence-corrected chi connectivity index (χ0v) is 24.3. The van der Waals surface area contributed by atoms with E-state index in [1.807, 2.05) is 79.4 Å². The van der Waals surface area contributed by atoms with E-state index in [-0.39, 0.29) is 28.7 Å². The SMILES string of the molecule is Cc1ccc(S(=O)(=O)N[C@@H]2CCCc3ccc(N(Cc4cccc(C)n4)C(=O)[C@@H]4C[C@H]4c4ccccc4)cc32)cc1. The molecule has 2 aliphatic rings. The smallest absolute Gasteiger partial charge is 0.241 e. The summed E-state index contributed by atoms with van der Waals surface area (Å²) >= 11 is 0. The van der Waals surface area contributed by atoms with Crippen LogP contribution in [-0.4, -0.2) is 19.3 Å². The predicted molar refractivity (Wildman–Crippen MR) is 161 cm³/mol. The maximum Gasteiger partial charge on any atom is 0.241 e. The number of anilines is 1. The minimum absolute atomic E-state index is 0.0784. The van der Waals surface area contributed by atoms with Crippen LogP contribution in [0.25, 0.3) is 0 Å². The second-order valence-electron chi connectivity index (χ2n) is 11.3. The van der Waals surface area contributed by atoms with Crippen LogP contribution < -0.4 is 9.62 Å². The van der Waals surface area contributed by atoms with Gasteiger partial charge >= 0.3 is 0 Å². The number of aromatic nitrogens is 1. The molecule has 210 valence electrons. The van der Waals surface area contributed by atoms with Crippen molar-refractivity contribution in [1.29, 1.82) is 0 Å². The van der Waals surface area contributed by atoms with Gasteiger partial charge in [-0.25, -0.2) is 13.1 Å². The third kappa shape index (κ3) is 5.97. The monoisotopic (exact) mass is 565 g/mol. The zero-order valence-electron chi connectivity index (χ0n) is 23.5. The van der Waals surface area contributed by atoms with Gasteiger partial charge in [-0.2, -0.15) is 0 Å². The van der Waals surface area contributed by atoms with Crippen molar-refractivity contribution < 1.29 is 13.2 Å². The number of pyridine rings is 1. The first-order valence-electron chi connectivity index (χ1n) is 14.3. The summed E-state index contributed by atoms with van der Waals surface area (Å²) in [4.78, 5) is 20.8. The third-order valence-electron chi connectivity index (χ3n) is 8.25. The lowest BCUT2D eigenvalue weighted by Crippen LogP contribution is -2.34. The molecule has 0 unspecified atom stereocenters. The van der Waals surface area contributed by atoms with Crippen LogP contribution in [0.2, 0.25) is 0 Å². The number of hydrogen-bond acceptors (Lipinski definition) is 4. The highest BCUT2D eigenvalue weighted by Crippen LogP contribution is 2.49. The Morgan fingerprint density at radius 1 is 0.951 bits per heavy atom. The van der Waals surface area contributed by atoms with Crippen LogP contribution in [0.1, 0.15) is 64.9 Å². The molecule has 1 aromatic heterocycles. The number of carbonyl (C=O) groups excluding carboxylic acids is 1. The van der Waals surface area contributed by atoms with Gasteiger partial charge in [0.15, 0.2) is 0 Å². The molecule has 4 aromatic rings. The number of amides is 1. The summed E-state index contributed by atoms with van der Waals surface area (Å²) in [6.07, 6.45) is 3.30. The molecule has 3 aromatic carbocycles. The Morgan fingerprint density at radius 3 is 2.49 bits per heavy atom. The van der Waals surface area contributed by atoms with E-state index in [9.17, 15) is 13.2 Å². The summed E-state index contributed by atoms with van der Waals surface area (Å²) in [7, 11) is -3.70. The van der Waals surface area contributed by atoms with E-state index < -0.39 is 10.0 Å². The van der Waals surface area contributed by atoms with Crippen LogP contribution in [0, 0.1) is 19.8 Å². The van der Waals surface area contributed by atoms with Crippen LogP contribution in [0.15, 0.2) is 95.9 Å². The molecule has 0 aliphatic heterocycles. The number of hydrogen-bond donors (Lipinski definition) is 1. The summed E-state index contributed by atoms with van der Waals surface area (Å²) in [5.74, 6) is 0.201. The number of benzene rings is 3. The van der Waals surface area contributed by atoms with Crippen molar-refractivity contribution in [2.75, 3.05) is 4.90 Å². The Morgan fingerprint density at radius 2 is 1.73 bits per heavy atom. The molecule has 6 rings (SSSR count). The van der Waals surface area contributed by atoms with E-state index in [1.54, 1.807) is 12.1 Å². The Balaban J connectivity index is 1.32. The number of nitrogens with one attached hydrogen (secondary N) is 1. The van der Waals surface area contributed by atoms with Crippen LogP contribution in [0.4, 0.5) is 5.69 Å². The van der Waals surface area contributed by atoms with Crippen LogP contribution in [0.5, 0.6) is 0 Å². The van der Waals surface area contributed by atoms with Crippen molar-refractivity contribution >= 4 is 21.6 Å². The summed E-state index contributed by atoms with van der Waals surface area (Å²) < 4.78 is 29.6. The topological polar surface area (TPSA) is 79.4 Å². The normalized spacial score (nSPS) is 19.8. The highest BCUT2D eigenvalue weighted by Gasteiger charge is 2.46. The van der Waals surface area contributed by atoms with E-state index >= 15 is 0 Å². The number of carbonyl (C=O) groups is 1. The minimum atomic E-state index is -3.70. The Bertz CT molecular complexity index is 1670. The second-order valence-corrected chi connectivity index (χ2v) is 13.0. The largest absolute Gasteiger partial charge is 0.306 e. The first-order valence-corrected chi connectivity index (χ1v) is 15.8. The van der Waals surface area contributed by atoms with E-state index in [1.165, 1.54) is 5.56 Å². The standard InChI is InChI=1S/C34H35N3O3S/c1-23-14-18-29(19-15-23)41(39,40)36-33-13-7-11-26-16-17-28(20-31(26)33)37(22-27-12-6-8-24(2)35-27)34(38)32-21-30(32)25-9-4-3-5-10-25/h3-6,8-10,12,14-20,30,32-33,36H,7,11,13,21-22H2,1-2H3/t30-,32+,33+/m0/s1. The highest BCUT2D eigenvalue weighted by molar-refractivity contribution is 7.89. The van der Waals surface area contributed by atoms with E-state index in [4.69, 9.17) is 0 Å². The van der Waals surface area contributed by atoms with Crippen molar-refractivity contribution in [3.05, 3.63) is 125 Å². The average Bonchev–Trinajstić information content (AvgIpc) is 3.78. The number of aryl methyl sites for hydroxylation is 3. The van der Waals surface area contributed by atoms with E-state index in [2.05, 4.69) is 27.9 Å². The first kappa shape index (κ1) is 27.4. The minimum Gasteiger partial charge on any atom is -0.306 e. The molecule has 1 saturated carbocycles. The molecular formula is C34H35N3O3S. The molecule has 3 atom stereocenters. The molecule has 1 heterocycles. The maximum absolute atomic E-state index is 14.1. The molecule has 7 heteroatoms. The molecule has 0 spiro atoms. The van der Waals surface area contributed by atoms with Gasteiger partial charge in [-0.15, -0.1) is 0 Å². The molecule has 0 radical (unpaired) electrons. The maximum atomic E-state index is 14.1. The quantitative estimate of drug-likeness (QED) is 0.268. The van der Waals surface area contributed by atoms with Gasteiger partial charge in [0.1, 0.15) is 0 Å². The summed E-state index contributed by atoms with van der Waals surface area (Å²) in [6.45, 7) is 4.24. The molecule has 41 heavy (non-hydrogen) atoms. The van der Waals surface area contributed by atoms with Crippen molar-refractivity contribution in [2.45, 2.75) is 62.9 Å². The molecule has 0 saturated heterocycles. The highest BCUT2D eigenvalue weighted by atomic mass is 32.2. The van der Waals surface area contributed by atoms with E-state index in [0.29, 0.717) is 13.0 Å². The van der Waals surface area contributed by atoms with Gasteiger partial charge < -0.3 is 4.90 Å². The fraction of sp³-hybridized carbons (Fsp3) is 0.294. The number of fused-ring (bicyclic) bond motifs is 1. The van der Waals surface area contributed by atoms with Gasteiger partial charge in [-0.05, 0) is 98.5 Å². The lowest BCUT2D eigenvalue weighted by atomic mass is 9.87. The summed E-state index contributed by atoms with van der Waals surface area (Å²) in [6, 6.07) is 28.7. The van der Waals surface area contributed by atoms with Gasteiger partial charge in [-0.1, -0.05) is 60.2 Å². The molecule has 6 nitrogen and oxygen atoms in total. The summed E-state index contributed by atoms with van der Waals surface area (Å²) in [5, 5.41) is 0. The van der Waals surface area contributed by atoms with E-state index in [0.717, 1.165) is 53.0 Å². The van der Waals surface area contributed by atoms with Crippen molar-refractivity contribution in [3.8, 4) is 0 Å². The number of sulfonamides is 1. The molecule has 0 bridgehead atoms. The molecule has 1 fully saturated rings. The molecular weight excluding hydrogens is 530 g/mol. The van der Waals surface area contributed by atoms with Gasteiger partial charge in [0.05, 0.1) is 17.1 Å². The fourth-order valence-electron chi connectivity index (χ4n) is 5.93. The van der Waals surface area contributed by atoms with Gasteiger partial charge in [0.2, 0.25) is 15.9 Å². The Labute approximate surface area is 242 Å². The number of rotatable bonds is 8. The van der Waals surface area contributed by atoms with Crippen molar-refractivity contribution in [2.24, 2.45) is 5.92 Å². The molecule has 2 aliphatic carbocycles. The second kappa shape index (κ2) is 11.2.